The third kappa shape index (κ3) is 4.61. The maximum absolute atomic E-state index is 13.9. The van der Waals surface area contributed by atoms with E-state index in [4.69, 9.17) is 10.5 Å². The van der Waals surface area contributed by atoms with Crippen LogP contribution in [0.25, 0.3) is 11.0 Å². The molecule has 5 rings (SSSR count). The lowest BCUT2D eigenvalue weighted by molar-refractivity contribution is 0.0761. The molecule has 2 aromatic carbocycles. The van der Waals surface area contributed by atoms with Crippen molar-refractivity contribution in [1.82, 2.24) is 9.55 Å². The van der Waals surface area contributed by atoms with Gasteiger partial charge in [-0.25, -0.2) is 14.2 Å². The lowest BCUT2D eigenvalue weighted by Gasteiger charge is -2.40. The number of imidazole rings is 1. The third-order valence-electron chi connectivity index (χ3n) is 7.67. The average molecular weight is 465 g/mol. The summed E-state index contributed by atoms with van der Waals surface area (Å²) in [6, 6.07) is 13.1. The number of carbonyl (C=O) groups excluding carboxylic acids is 1. The molecule has 1 aliphatic heterocycles. The Morgan fingerprint density at radius 2 is 2.03 bits per heavy atom. The molecule has 2 N–H and O–H groups in total. The van der Waals surface area contributed by atoms with Crippen LogP contribution in [0.15, 0.2) is 48.8 Å². The second kappa shape index (κ2) is 9.65. The van der Waals surface area contributed by atoms with Crippen LogP contribution in [0.3, 0.4) is 0 Å². The molecule has 3 unspecified atom stereocenters. The molecule has 2 heterocycles. The van der Waals surface area contributed by atoms with Crippen molar-refractivity contribution in [3.63, 3.8) is 0 Å². The second-order valence-electron chi connectivity index (χ2n) is 9.88. The van der Waals surface area contributed by atoms with E-state index in [0.717, 1.165) is 48.2 Å². The van der Waals surface area contributed by atoms with Crippen LogP contribution in [0.5, 0.6) is 0 Å². The summed E-state index contributed by atoms with van der Waals surface area (Å²) >= 11 is 0. The predicted molar refractivity (Wildman–Crippen MR) is 131 cm³/mol. The smallest absolute Gasteiger partial charge is 0.404 e. The standard InChI is InChI=1S/C27H33FN4O2/c1-18(34-27(29)33)26(32-13-12-20-15-22(28)10-11-24(20)32)21(14-19-6-2-3-7-19)16-31-17-30-23-8-4-5-9-25(23)31/h4-5,8-11,15,17-19,21,26H,2-3,6-7,12-14,16H2,1H3,(H2,29,33). The molecule has 1 amide bonds. The fourth-order valence-corrected chi connectivity index (χ4v) is 6.25. The van der Waals surface area contributed by atoms with E-state index in [9.17, 15) is 9.18 Å². The van der Waals surface area contributed by atoms with Gasteiger partial charge in [-0.2, -0.15) is 0 Å². The quantitative estimate of drug-likeness (QED) is 0.492. The molecule has 3 aromatic rings. The summed E-state index contributed by atoms with van der Waals surface area (Å²) in [5.74, 6) is 0.635. The number of carbonyl (C=O) groups is 1. The van der Waals surface area contributed by atoms with Gasteiger partial charge in [0.2, 0.25) is 0 Å². The second-order valence-corrected chi connectivity index (χ2v) is 9.88. The van der Waals surface area contributed by atoms with Crippen LogP contribution in [0.2, 0.25) is 0 Å². The number of halogens is 1. The van der Waals surface area contributed by atoms with Crippen LogP contribution in [0.1, 0.15) is 44.6 Å². The Balaban J connectivity index is 1.53. The number of hydrogen-bond acceptors (Lipinski definition) is 4. The number of nitrogens with zero attached hydrogens (tertiary/aromatic N) is 3. The van der Waals surface area contributed by atoms with Crippen LogP contribution < -0.4 is 10.6 Å². The number of anilines is 1. The van der Waals surface area contributed by atoms with E-state index in [1.807, 2.05) is 37.5 Å². The van der Waals surface area contributed by atoms with Crippen molar-refractivity contribution in [2.45, 2.75) is 64.1 Å². The highest BCUT2D eigenvalue weighted by Gasteiger charge is 2.39. The number of ether oxygens (including phenoxy) is 1. The van der Waals surface area contributed by atoms with Crippen LogP contribution in [0.4, 0.5) is 14.9 Å². The van der Waals surface area contributed by atoms with Crippen molar-refractivity contribution in [3.05, 3.63) is 60.2 Å². The lowest BCUT2D eigenvalue weighted by atomic mass is 9.84. The maximum Gasteiger partial charge on any atom is 0.404 e. The number of fused-ring (bicyclic) bond motifs is 2. The zero-order valence-corrected chi connectivity index (χ0v) is 19.7. The molecule has 3 atom stereocenters. The summed E-state index contributed by atoms with van der Waals surface area (Å²) in [5.41, 5.74) is 9.58. The number of para-hydroxylation sites is 2. The number of primary amides is 1. The lowest BCUT2D eigenvalue weighted by Crippen LogP contribution is -2.50. The summed E-state index contributed by atoms with van der Waals surface area (Å²) < 4.78 is 21.8. The zero-order valence-electron chi connectivity index (χ0n) is 19.7. The Labute approximate surface area is 199 Å². The normalized spacial score (nSPS) is 18.7. The first kappa shape index (κ1) is 22.7. The predicted octanol–water partition coefficient (Wildman–Crippen LogP) is 5.29. The Bertz CT molecular complexity index is 1160. The summed E-state index contributed by atoms with van der Waals surface area (Å²) in [5, 5.41) is 0. The molecule has 180 valence electrons. The average Bonchev–Trinajstić information content (AvgIpc) is 3.55. The Morgan fingerprint density at radius 1 is 1.24 bits per heavy atom. The van der Waals surface area contributed by atoms with E-state index < -0.39 is 12.2 Å². The van der Waals surface area contributed by atoms with Gasteiger partial charge in [0.1, 0.15) is 11.9 Å². The van der Waals surface area contributed by atoms with E-state index in [-0.39, 0.29) is 17.8 Å². The highest BCUT2D eigenvalue weighted by Crippen LogP contribution is 2.39. The van der Waals surface area contributed by atoms with E-state index in [1.54, 1.807) is 6.07 Å². The molecule has 2 aliphatic rings. The van der Waals surface area contributed by atoms with Gasteiger partial charge >= 0.3 is 6.09 Å². The van der Waals surface area contributed by atoms with Crippen LogP contribution in [-0.4, -0.2) is 34.3 Å². The van der Waals surface area contributed by atoms with Crippen molar-refractivity contribution < 1.29 is 13.9 Å². The molecule has 1 aliphatic carbocycles. The number of aromatic nitrogens is 2. The molecule has 34 heavy (non-hydrogen) atoms. The van der Waals surface area contributed by atoms with E-state index in [0.29, 0.717) is 5.92 Å². The Kier molecular flexibility index (Phi) is 6.44. The van der Waals surface area contributed by atoms with Crippen molar-refractivity contribution in [2.24, 2.45) is 17.6 Å². The Morgan fingerprint density at radius 3 is 2.82 bits per heavy atom. The summed E-state index contributed by atoms with van der Waals surface area (Å²) in [4.78, 5) is 18.7. The number of benzene rings is 2. The molecule has 1 fully saturated rings. The first-order chi connectivity index (χ1) is 16.5. The Hall–Kier alpha value is -3.09. The van der Waals surface area contributed by atoms with Gasteiger partial charge in [0.05, 0.1) is 23.4 Å². The van der Waals surface area contributed by atoms with Gasteiger partial charge in [0.15, 0.2) is 0 Å². The van der Waals surface area contributed by atoms with Crippen molar-refractivity contribution in [3.8, 4) is 0 Å². The molecule has 6 nitrogen and oxygen atoms in total. The molecular formula is C27H33FN4O2. The highest BCUT2D eigenvalue weighted by molar-refractivity contribution is 5.75. The van der Waals surface area contributed by atoms with Crippen molar-refractivity contribution >= 4 is 22.8 Å². The molecule has 1 saturated carbocycles. The van der Waals surface area contributed by atoms with Gasteiger partial charge < -0.3 is 19.9 Å². The fourth-order valence-electron chi connectivity index (χ4n) is 6.25. The van der Waals surface area contributed by atoms with Gasteiger partial charge in [-0.3, -0.25) is 0 Å². The third-order valence-corrected chi connectivity index (χ3v) is 7.67. The minimum absolute atomic E-state index is 0.0824. The van der Waals surface area contributed by atoms with Gasteiger partial charge in [0, 0.05) is 24.7 Å². The monoisotopic (exact) mass is 464 g/mol. The molecular weight excluding hydrogens is 431 g/mol. The minimum Gasteiger partial charge on any atom is -0.444 e. The first-order valence-corrected chi connectivity index (χ1v) is 12.4. The van der Waals surface area contributed by atoms with E-state index in [2.05, 4.69) is 20.5 Å². The van der Waals surface area contributed by atoms with Crippen LogP contribution in [0, 0.1) is 17.7 Å². The topological polar surface area (TPSA) is 73.4 Å². The number of amides is 1. The molecule has 0 spiro atoms. The molecule has 7 heteroatoms. The number of rotatable bonds is 8. The van der Waals surface area contributed by atoms with Gasteiger partial charge in [-0.15, -0.1) is 0 Å². The van der Waals surface area contributed by atoms with E-state index in [1.165, 1.54) is 31.7 Å². The first-order valence-electron chi connectivity index (χ1n) is 12.4. The zero-order chi connectivity index (χ0) is 23.7. The molecule has 1 aromatic heterocycles. The summed E-state index contributed by atoms with van der Waals surface area (Å²) in [7, 11) is 0. The molecule has 0 bridgehead atoms. The SMILES string of the molecule is CC(OC(N)=O)C(C(CC1CCCC1)Cn1cnc2ccccc21)N1CCc2cc(F)ccc21. The maximum atomic E-state index is 13.9. The largest absolute Gasteiger partial charge is 0.444 e. The van der Waals surface area contributed by atoms with Gasteiger partial charge in [-0.05, 0) is 61.6 Å². The number of hydrogen-bond donors (Lipinski definition) is 1. The van der Waals surface area contributed by atoms with Gasteiger partial charge in [-0.1, -0.05) is 37.8 Å². The van der Waals surface area contributed by atoms with Crippen LogP contribution >= 0.6 is 0 Å². The summed E-state index contributed by atoms with van der Waals surface area (Å²) in [6.07, 6.45) is 7.58. The summed E-state index contributed by atoms with van der Waals surface area (Å²) in [6.45, 7) is 3.47. The van der Waals surface area contributed by atoms with Crippen LogP contribution in [-0.2, 0) is 17.7 Å². The van der Waals surface area contributed by atoms with Gasteiger partial charge in [0.25, 0.3) is 0 Å². The molecule has 0 saturated heterocycles. The van der Waals surface area contributed by atoms with E-state index >= 15 is 0 Å². The number of nitrogens with two attached hydrogens (primary N) is 1. The van der Waals surface area contributed by atoms with Crippen molar-refractivity contribution in [2.75, 3.05) is 11.4 Å². The fraction of sp³-hybridized carbons (Fsp3) is 0.481. The van der Waals surface area contributed by atoms with Crippen molar-refractivity contribution in [1.29, 1.82) is 0 Å². The molecule has 0 radical (unpaired) electrons. The minimum atomic E-state index is -0.760. The highest BCUT2D eigenvalue weighted by atomic mass is 19.1.